The van der Waals surface area contributed by atoms with Crippen molar-refractivity contribution in [3.8, 4) is 5.88 Å². The summed E-state index contributed by atoms with van der Waals surface area (Å²) in [5, 5.41) is 8.78. The zero-order chi connectivity index (χ0) is 13.3. The van der Waals surface area contributed by atoms with Gasteiger partial charge in [-0.2, -0.15) is 0 Å². The van der Waals surface area contributed by atoms with Crippen molar-refractivity contribution in [2.75, 3.05) is 13.1 Å². The lowest BCUT2D eigenvalue weighted by Gasteiger charge is -2.15. The second-order valence-electron chi connectivity index (χ2n) is 3.94. The van der Waals surface area contributed by atoms with Gasteiger partial charge in [-0.3, -0.25) is 0 Å². The zero-order valence-electron chi connectivity index (χ0n) is 9.51. The molecule has 1 aliphatic rings. The number of nitrogens with zero attached hydrogens (tertiary/aromatic N) is 3. The first-order valence-corrected chi connectivity index (χ1v) is 6.04. The van der Waals surface area contributed by atoms with Crippen LogP contribution in [0, 0.1) is 6.92 Å². The van der Waals surface area contributed by atoms with Crippen LogP contribution in [-0.4, -0.2) is 51.4 Å². The Bertz CT molecular complexity index is 474. The van der Waals surface area contributed by atoms with Gasteiger partial charge in [-0.05, 0) is 22.9 Å². The fourth-order valence-corrected chi connectivity index (χ4v) is 2.07. The summed E-state index contributed by atoms with van der Waals surface area (Å²) in [6.07, 6.45) is -1.90. The van der Waals surface area contributed by atoms with Gasteiger partial charge in [0.05, 0.1) is 19.3 Å². The van der Waals surface area contributed by atoms with Gasteiger partial charge in [-0.1, -0.05) is 0 Å². The van der Waals surface area contributed by atoms with Gasteiger partial charge in [0.2, 0.25) is 5.88 Å². The molecule has 1 aliphatic heterocycles. The quantitative estimate of drug-likeness (QED) is 0.896. The van der Waals surface area contributed by atoms with E-state index < -0.39 is 18.4 Å². The van der Waals surface area contributed by atoms with Crippen LogP contribution in [0.25, 0.3) is 0 Å². The van der Waals surface area contributed by atoms with Gasteiger partial charge < -0.3 is 14.7 Å². The Morgan fingerprint density at radius 3 is 2.94 bits per heavy atom. The lowest BCUT2D eigenvalue weighted by Crippen LogP contribution is -2.30. The zero-order valence-corrected chi connectivity index (χ0v) is 11.1. The molecule has 2 heterocycles. The van der Waals surface area contributed by atoms with Crippen LogP contribution in [0.1, 0.15) is 5.69 Å². The highest BCUT2D eigenvalue weighted by molar-refractivity contribution is 9.10. The highest BCUT2D eigenvalue weighted by Gasteiger charge is 2.37. The van der Waals surface area contributed by atoms with E-state index in [1.54, 1.807) is 6.92 Å². The Labute approximate surface area is 111 Å². The SMILES string of the molecule is Cc1nc(Br)cnc1OC1CN(C(=O)O)CC1F. The molecule has 1 N–H and O–H groups in total. The standard InChI is InChI=1S/C10H11BrFN3O3/c1-5-9(13-2-8(11)14-5)18-7-4-15(10(16)17)3-6(7)12/h2,6-7H,3-4H2,1H3,(H,16,17). The molecule has 1 fully saturated rings. The number of aromatic nitrogens is 2. The summed E-state index contributed by atoms with van der Waals surface area (Å²) in [6.45, 7) is 1.50. The van der Waals surface area contributed by atoms with E-state index in [1.807, 2.05) is 0 Å². The molecule has 6 nitrogen and oxygen atoms in total. The van der Waals surface area contributed by atoms with E-state index in [2.05, 4.69) is 25.9 Å². The van der Waals surface area contributed by atoms with E-state index in [9.17, 15) is 9.18 Å². The highest BCUT2D eigenvalue weighted by Crippen LogP contribution is 2.22. The number of ether oxygens (including phenoxy) is 1. The Morgan fingerprint density at radius 2 is 2.39 bits per heavy atom. The first kappa shape index (κ1) is 13.0. The van der Waals surface area contributed by atoms with Crippen molar-refractivity contribution in [1.82, 2.24) is 14.9 Å². The molecular weight excluding hydrogens is 309 g/mol. The number of rotatable bonds is 2. The third kappa shape index (κ3) is 2.69. The van der Waals surface area contributed by atoms with Gasteiger partial charge in [0, 0.05) is 0 Å². The molecule has 2 unspecified atom stereocenters. The van der Waals surface area contributed by atoms with Gasteiger partial charge in [0.1, 0.15) is 10.3 Å². The fraction of sp³-hybridized carbons (Fsp3) is 0.500. The molecule has 98 valence electrons. The van der Waals surface area contributed by atoms with E-state index in [0.717, 1.165) is 4.90 Å². The molecule has 2 atom stereocenters. The Kier molecular flexibility index (Phi) is 3.65. The van der Waals surface area contributed by atoms with Crippen molar-refractivity contribution in [3.63, 3.8) is 0 Å². The number of carbonyl (C=O) groups is 1. The summed E-state index contributed by atoms with van der Waals surface area (Å²) in [5.74, 6) is 0.220. The molecule has 2 rings (SSSR count). The molecule has 0 radical (unpaired) electrons. The maximum absolute atomic E-state index is 13.6. The van der Waals surface area contributed by atoms with Crippen molar-refractivity contribution in [2.24, 2.45) is 0 Å². The van der Waals surface area contributed by atoms with Gasteiger partial charge >= 0.3 is 6.09 Å². The number of hydrogen-bond acceptors (Lipinski definition) is 4. The number of alkyl halides is 1. The molecule has 0 bridgehead atoms. The van der Waals surface area contributed by atoms with E-state index in [4.69, 9.17) is 9.84 Å². The average molecular weight is 320 g/mol. The third-order valence-corrected chi connectivity index (χ3v) is 2.99. The molecular formula is C10H11BrFN3O3. The lowest BCUT2D eigenvalue weighted by molar-refractivity contribution is 0.129. The van der Waals surface area contributed by atoms with Crippen LogP contribution in [0.5, 0.6) is 5.88 Å². The van der Waals surface area contributed by atoms with Crippen LogP contribution in [0.3, 0.4) is 0 Å². The number of aryl methyl sites for hydroxylation is 1. The maximum atomic E-state index is 13.6. The Hall–Kier alpha value is -1.44. The molecule has 0 aromatic carbocycles. The largest absolute Gasteiger partial charge is 0.468 e. The number of carboxylic acid groups (broad SMARTS) is 1. The summed E-state index contributed by atoms with van der Waals surface area (Å²) in [7, 11) is 0. The van der Waals surface area contributed by atoms with Crippen LogP contribution in [0.4, 0.5) is 9.18 Å². The fourth-order valence-electron chi connectivity index (χ4n) is 1.70. The molecule has 0 saturated carbocycles. The van der Waals surface area contributed by atoms with Gasteiger partial charge in [-0.25, -0.2) is 19.2 Å². The number of likely N-dealkylation sites (tertiary alicyclic amines) is 1. The van der Waals surface area contributed by atoms with Gasteiger partial charge in [-0.15, -0.1) is 0 Å². The van der Waals surface area contributed by atoms with Crippen molar-refractivity contribution in [2.45, 2.75) is 19.2 Å². The summed E-state index contributed by atoms with van der Waals surface area (Å²) >= 11 is 3.16. The second kappa shape index (κ2) is 5.05. The monoisotopic (exact) mass is 319 g/mol. The smallest absolute Gasteiger partial charge is 0.407 e. The van der Waals surface area contributed by atoms with Crippen molar-refractivity contribution in [3.05, 3.63) is 16.5 Å². The van der Waals surface area contributed by atoms with Crippen molar-refractivity contribution < 1.29 is 19.0 Å². The van der Waals surface area contributed by atoms with Crippen LogP contribution >= 0.6 is 15.9 Å². The minimum atomic E-state index is -1.36. The minimum absolute atomic E-state index is 0.00627. The highest BCUT2D eigenvalue weighted by atomic mass is 79.9. The first-order valence-electron chi connectivity index (χ1n) is 5.25. The minimum Gasteiger partial charge on any atom is -0.468 e. The van der Waals surface area contributed by atoms with Crippen LogP contribution in [-0.2, 0) is 0 Å². The third-order valence-electron chi connectivity index (χ3n) is 2.60. The summed E-state index contributed by atoms with van der Waals surface area (Å²) in [4.78, 5) is 19.8. The van der Waals surface area contributed by atoms with Gasteiger partial charge in [0.25, 0.3) is 0 Å². The van der Waals surface area contributed by atoms with E-state index in [-0.39, 0.29) is 19.0 Å². The summed E-state index contributed by atoms with van der Waals surface area (Å²) in [6, 6.07) is 0. The average Bonchev–Trinajstić information content (AvgIpc) is 2.64. The Balaban J connectivity index is 2.08. The number of halogens is 2. The predicted octanol–water partition coefficient (Wildman–Crippen LogP) is 1.63. The van der Waals surface area contributed by atoms with E-state index in [1.165, 1.54) is 6.20 Å². The summed E-state index contributed by atoms with van der Waals surface area (Å²) in [5.41, 5.74) is 0.519. The molecule has 18 heavy (non-hydrogen) atoms. The number of amides is 1. The molecule has 1 aromatic heterocycles. The molecule has 1 saturated heterocycles. The molecule has 1 aromatic rings. The lowest BCUT2D eigenvalue weighted by atomic mass is 10.3. The maximum Gasteiger partial charge on any atom is 0.407 e. The normalized spacial score (nSPS) is 23.2. The molecule has 0 aliphatic carbocycles. The van der Waals surface area contributed by atoms with Crippen LogP contribution < -0.4 is 4.74 Å². The Morgan fingerprint density at radius 1 is 1.67 bits per heavy atom. The van der Waals surface area contributed by atoms with Crippen LogP contribution in [0.2, 0.25) is 0 Å². The first-order chi connectivity index (χ1) is 8.47. The topological polar surface area (TPSA) is 75.6 Å². The summed E-state index contributed by atoms with van der Waals surface area (Å²) < 4.78 is 19.5. The van der Waals surface area contributed by atoms with Crippen LogP contribution in [0.15, 0.2) is 10.8 Å². The van der Waals surface area contributed by atoms with Gasteiger partial charge in [0.15, 0.2) is 12.3 Å². The van der Waals surface area contributed by atoms with Crippen molar-refractivity contribution >= 4 is 22.0 Å². The predicted molar refractivity (Wildman–Crippen MR) is 63.4 cm³/mol. The van der Waals surface area contributed by atoms with E-state index in [0.29, 0.717) is 10.3 Å². The molecule has 0 spiro atoms. The van der Waals surface area contributed by atoms with Crippen molar-refractivity contribution in [1.29, 1.82) is 0 Å². The molecule has 1 amide bonds. The van der Waals surface area contributed by atoms with E-state index >= 15 is 0 Å². The number of hydrogen-bond donors (Lipinski definition) is 1. The second-order valence-corrected chi connectivity index (χ2v) is 4.76. The molecule has 8 heteroatoms.